The van der Waals surface area contributed by atoms with Crippen LogP contribution < -0.4 is 5.32 Å². The van der Waals surface area contributed by atoms with E-state index in [2.05, 4.69) is 5.32 Å². The molecule has 0 unspecified atom stereocenters. The van der Waals surface area contributed by atoms with Gasteiger partial charge in [-0.25, -0.2) is 0 Å². The van der Waals surface area contributed by atoms with Crippen molar-refractivity contribution in [1.82, 2.24) is 0 Å². The molecule has 110 valence electrons. The van der Waals surface area contributed by atoms with Crippen molar-refractivity contribution in [3.05, 3.63) is 54.9 Å². The van der Waals surface area contributed by atoms with Crippen LogP contribution in [0.5, 0.6) is 5.75 Å². The number of carbonyl (C=O) groups excluding carboxylic acids is 1. The van der Waals surface area contributed by atoms with E-state index in [1.165, 1.54) is 24.3 Å². The second-order valence-electron chi connectivity index (χ2n) is 3.96. The Bertz CT molecular complexity index is 733. The summed E-state index contributed by atoms with van der Waals surface area (Å²) in [6, 6.07) is 5.46. The van der Waals surface area contributed by atoms with Gasteiger partial charge in [-0.2, -0.15) is 0 Å². The number of halogens is 5. The highest BCUT2D eigenvalue weighted by Crippen LogP contribution is 2.41. The number of nitrogens with one attached hydrogen (secondary N) is 1. The molecular weight excluding hydrogens is 379 g/mol. The molecule has 0 saturated heterocycles. The maximum Gasteiger partial charge on any atom is 0.259 e. The molecule has 0 spiro atoms. The van der Waals surface area contributed by atoms with Crippen molar-refractivity contribution in [2.45, 2.75) is 0 Å². The predicted molar refractivity (Wildman–Crippen MR) is 87.6 cm³/mol. The van der Waals surface area contributed by atoms with Gasteiger partial charge in [-0.3, -0.25) is 4.79 Å². The summed E-state index contributed by atoms with van der Waals surface area (Å²) in [6.07, 6.45) is 0. The largest absolute Gasteiger partial charge is 0.507 e. The van der Waals surface area contributed by atoms with Gasteiger partial charge in [0.15, 0.2) is 0 Å². The number of amides is 1. The lowest BCUT2D eigenvalue weighted by Gasteiger charge is -2.11. The van der Waals surface area contributed by atoms with Crippen molar-refractivity contribution in [3.63, 3.8) is 0 Å². The third-order valence-electron chi connectivity index (χ3n) is 2.56. The number of aromatic hydroxyl groups is 1. The summed E-state index contributed by atoms with van der Waals surface area (Å²) in [5.41, 5.74) is 0.202. The maximum absolute atomic E-state index is 12.1. The van der Waals surface area contributed by atoms with Crippen LogP contribution in [0.3, 0.4) is 0 Å². The van der Waals surface area contributed by atoms with Crippen LogP contribution >= 0.6 is 58.0 Å². The summed E-state index contributed by atoms with van der Waals surface area (Å²) in [7, 11) is 0. The minimum atomic E-state index is -0.597. The quantitative estimate of drug-likeness (QED) is 0.499. The normalized spacial score (nSPS) is 10.5. The van der Waals surface area contributed by atoms with E-state index in [1.54, 1.807) is 0 Å². The van der Waals surface area contributed by atoms with Crippen LogP contribution in [0.25, 0.3) is 0 Å². The third kappa shape index (κ3) is 3.50. The molecule has 2 rings (SSSR count). The summed E-state index contributed by atoms with van der Waals surface area (Å²) in [5, 5.41) is 12.8. The van der Waals surface area contributed by atoms with E-state index in [-0.39, 0.29) is 37.1 Å². The Morgan fingerprint density at radius 3 is 2.24 bits per heavy atom. The molecule has 0 aliphatic heterocycles. The van der Waals surface area contributed by atoms with Gasteiger partial charge in [-0.05, 0) is 24.3 Å². The molecule has 3 nitrogen and oxygen atoms in total. The number of phenols is 1. The first-order valence-corrected chi connectivity index (χ1v) is 7.33. The summed E-state index contributed by atoms with van der Waals surface area (Å²) < 4.78 is 0. The van der Waals surface area contributed by atoms with Gasteiger partial charge in [0.05, 0.1) is 31.3 Å². The highest BCUT2D eigenvalue weighted by molar-refractivity contribution is 6.52. The topological polar surface area (TPSA) is 49.3 Å². The Hall–Kier alpha value is -0.840. The van der Waals surface area contributed by atoms with Crippen LogP contribution in [0.15, 0.2) is 24.3 Å². The Labute approximate surface area is 145 Å². The molecule has 0 aromatic heterocycles. The first kappa shape index (κ1) is 16.5. The zero-order valence-corrected chi connectivity index (χ0v) is 13.8. The molecule has 0 atom stereocenters. The van der Waals surface area contributed by atoms with Crippen LogP contribution in [-0.4, -0.2) is 11.0 Å². The molecule has 8 heteroatoms. The fraction of sp³-hybridized carbons (Fsp3) is 0. The number of benzene rings is 2. The van der Waals surface area contributed by atoms with Crippen molar-refractivity contribution < 1.29 is 9.90 Å². The average Bonchev–Trinajstić information content (AvgIpc) is 2.42. The number of rotatable bonds is 2. The SMILES string of the molecule is O=C(Nc1cc(Cl)c(Cl)c(Cl)c1Cl)c1ccc(Cl)cc1O. The van der Waals surface area contributed by atoms with Crippen molar-refractivity contribution >= 4 is 69.6 Å². The minimum absolute atomic E-state index is 0.0256. The molecule has 0 aliphatic carbocycles. The van der Waals surface area contributed by atoms with Crippen LogP contribution in [-0.2, 0) is 0 Å². The van der Waals surface area contributed by atoms with Gasteiger partial charge in [-0.15, -0.1) is 0 Å². The molecule has 0 heterocycles. The molecule has 2 N–H and O–H groups in total. The summed E-state index contributed by atoms with van der Waals surface area (Å²) in [5.74, 6) is -0.859. The van der Waals surface area contributed by atoms with E-state index in [0.717, 1.165) is 0 Å². The predicted octanol–water partition coefficient (Wildman–Crippen LogP) is 5.91. The summed E-state index contributed by atoms with van der Waals surface area (Å²) >= 11 is 29.3. The van der Waals surface area contributed by atoms with Gasteiger partial charge in [0, 0.05) is 5.02 Å². The molecule has 0 fully saturated rings. The smallest absolute Gasteiger partial charge is 0.259 e. The van der Waals surface area contributed by atoms with Crippen molar-refractivity contribution in [3.8, 4) is 5.75 Å². The monoisotopic (exact) mass is 383 g/mol. The summed E-state index contributed by atoms with van der Waals surface area (Å²) in [6.45, 7) is 0. The lowest BCUT2D eigenvalue weighted by Crippen LogP contribution is -2.12. The number of hydrogen-bond acceptors (Lipinski definition) is 2. The molecule has 2 aromatic rings. The number of hydrogen-bond donors (Lipinski definition) is 2. The van der Waals surface area contributed by atoms with Gasteiger partial charge >= 0.3 is 0 Å². The van der Waals surface area contributed by atoms with Gasteiger partial charge < -0.3 is 10.4 Å². The van der Waals surface area contributed by atoms with E-state index in [9.17, 15) is 9.90 Å². The third-order valence-corrected chi connectivity index (χ3v) is 4.54. The molecule has 0 bridgehead atoms. The number of anilines is 1. The van der Waals surface area contributed by atoms with Gasteiger partial charge in [-0.1, -0.05) is 58.0 Å². The maximum atomic E-state index is 12.1. The zero-order valence-electron chi connectivity index (χ0n) is 10.1. The van der Waals surface area contributed by atoms with E-state index in [1.807, 2.05) is 0 Å². The summed E-state index contributed by atoms with van der Waals surface area (Å²) in [4.78, 5) is 12.1. The van der Waals surface area contributed by atoms with Gasteiger partial charge in [0.25, 0.3) is 5.91 Å². The first-order valence-electron chi connectivity index (χ1n) is 5.44. The van der Waals surface area contributed by atoms with Crippen molar-refractivity contribution in [2.75, 3.05) is 5.32 Å². The minimum Gasteiger partial charge on any atom is -0.507 e. The van der Waals surface area contributed by atoms with Crippen LogP contribution in [0, 0.1) is 0 Å². The highest BCUT2D eigenvalue weighted by Gasteiger charge is 2.17. The Kier molecular flexibility index (Phi) is 5.12. The van der Waals surface area contributed by atoms with Gasteiger partial charge in [0.1, 0.15) is 5.75 Å². The molecule has 2 aromatic carbocycles. The zero-order chi connectivity index (χ0) is 15.7. The lowest BCUT2D eigenvalue weighted by atomic mass is 10.2. The van der Waals surface area contributed by atoms with Crippen LogP contribution in [0.1, 0.15) is 10.4 Å². The van der Waals surface area contributed by atoms with E-state index >= 15 is 0 Å². The van der Waals surface area contributed by atoms with Crippen molar-refractivity contribution in [2.24, 2.45) is 0 Å². The number of phenolic OH excluding ortho intramolecular Hbond substituents is 1. The van der Waals surface area contributed by atoms with Crippen LogP contribution in [0.4, 0.5) is 5.69 Å². The molecular formula is C13H6Cl5NO2. The van der Waals surface area contributed by atoms with Gasteiger partial charge in [0.2, 0.25) is 0 Å². The molecule has 0 saturated carbocycles. The average molecular weight is 385 g/mol. The van der Waals surface area contributed by atoms with E-state index in [0.29, 0.717) is 5.02 Å². The van der Waals surface area contributed by atoms with E-state index in [4.69, 9.17) is 58.0 Å². The Morgan fingerprint density at radius 1 is 0.952 bits per heavy atom. The highest BCUT2D eigenvalue weighted by atomic mass is 35.5. The lowest BCUT2D eigenvalue weighted by molar-refractivity contribution is 0.102. The first-order chi connectivity index (χ1) is 9.81. The fourth-order valence-corrected chi connectivity index (χ4v) is 2.57. The second kappa shape index (κ2) is 6.51. The van der Waals surface area contributed by atoms with E-state index < -0.39 is 5.91 Å². The van der Waals surface area contributed by atoms with Crippen LogP contribution in [0.2, 0.25) is 25.1 Å². The molecule has 0 aliphatic rings. The van der Waals surface area contributed by atoms with Crippen molar-refractivity contribution in [1.29, 1.82) is 0 Å². The molecule has 0 radical (unpaired) electrons. The second-order valence-corrected chi connectivity index (χ2v) is 5.94. The standard InChI is InChI=1S/C13H6Cl5NO2/c14-5-1-2-6(9(20)3-5)13(21)19-8-4-7(15)10(16)12(18)11(8)17/h1-4,20H,(H,19,21). The molecule has 21 heavy (non-hydrogen) atoms. The Morgan fingerprint density at radius 2 is 1.62 bits per heavy atom. The molecule has 1 amide bonds. The fourth-order valence-electron chi connectivity index (χ4n) is 1.55. The Balaban J connectivity index is 2.36. The number of carbonyl (C=O) groups is 1.